The first kappa shape index (κ1) is 34.5. The summed E-state index contributed by atoms with van der Waals surface area (Å²) in [6, 6.07) is 3.27. The molecule has 3 saturated carbocycles. The number of ether oxygens (including phenoxy) is 1. The summed E-state index contributed by atoms with van der Waals surface area (Å²) in [7, 11) is -4.20. The maximum absolute atomic E-state index is 14.3. The van der Waals surface area contributed by atoms with Crippen molar-refractivity contribution in [3.63, 3.8) is 0 Å². The highest BCUT2D eigenvalue weighted by atomic mass is 35.5. The number of benzene rings is 1. The van der Waals surface area contributed by atoms with Crippen LogP contribution in [-0.4, -0.2) is 83.6 Å². The Morgan fingerprint density at radius 2 is 1.85 bits per heavy atom. The number of hydrogen-bond acceptors (Lipinski definition) is 8. The van der Waals surface area contributed by atoms with Crippen molar-refractivity contribution in [3.8, 4) is 0 Å². The minimum absolute atomic E-state index is 0.0963. The van der Waals surface area contributed by atoms with Gasteiger partial charge in [0, 0.05) is 22.7 Å². The van der Waals surface area contributed by atoms with Gasteiger partial charge in [0.05, 0.1) is 11.6 Å². The van der Waals surface area contributed by atoms with Gasteiger partial charge in [0.2, 0.25) is 21.8 Å². The third-order valence-electron chi connectivity index (χ3n) is 8.93. The van der Waals surface area contributed by atoms with Crippen LogP contribution in [0.4, 0.5) is 4.79 Å². The van der Waals surface area contributed by atoms with Gasteiger partial charge in [0.1, 0.15) is 23.7 Å². The van der Waals surface area contributed by atoms with Crippen molar-refractivity contribution in [2.24, 2.45) is 11.3 Å². The Balaban J connectivity index is 1.41. The Morgan fingerprint density at radius 3 is 2.43 bits per heavy atom. The average Bonchev–Trinajstić information content (AvgIpc) is 3.83. The molecule has 3 N–H and O–H groups in total. The largest absolute Gasteiger partial charge is 0.446 e. The zero-order chi connectivity index (χ0) is 33.4. The van der Waals surface area contributed by atoms with Crippen LogP contribution >= 0.6 is 23.5 Å². The first-order valence-electron chi connectivity index (χ1n) is 15.6. The molecule has 252 valence electrons. The van der Waals surface area contributed by atoms with Crippen LogP contribution in [0.2, 0.25) is 5.02 Å². The quantitative estimate of drug-likeness (QED) is 0.235. The molecule has 1 heterocycles. The Labute approximate surface area is 279 Å². The third kappa shape index (κ3) is 7.50. The Hall–Kier alpha value is -2.81. The van der Waals surface area contributed by atoms with E-state index in [0.717, 1.165) is 47.7 Å². The van der Waals surface area contributed by atoms with Crippen LogP contribution in [0.15, 0.2) is 41.8 Å². The molecule has 4 amide bonds. The molecule has 46 heavy (non-hydrogen) atoms. The lowest BCUT2D eigenvalue weighted by atomic mass is 9.85. The molecule has 15 heteroatoms. The topological polar surface area (TPSA) is 154 Å². The SMILES string of the molecule is C=C[C@@H]1C[C@]1(NC(=O)[C@@H]1CN(S(=O)(=O)c2cccc(Cl)c2)CN1C(=O)[C@@H](NC(=O)OC1CCCC1)C(C)(C)C)C(=O)NSC1CC1. The van der Waals surface area contributed by atoms with E-state index in [0.29, 0.717) is 11.7 Å². The molecule has 4 atom stereocenters. The summed E-state index contributed by atoms with van der Waals surface area (Å²) >= 11 is 7.41. The van der Waals surface area contributed by atoms with E-state index in [1.54, 1.807) is 32.9 Å². The van der Waals surface area contributed by atoms with Gasteiger partial charge in [-0.1, -0.05) is 44.5 Å². The summed E-state index contributed by atoms with van der Waals surface area (Å²) in [6.07, 6.45) is 6.33. The number of amides is 4. The van der Waals surface area contributed by atoms with Gasteiger partial charge in [0.25, 0.3) is 5.91 Å². The summed E-state index contributed by atoms with van der Waals surface area (Å²) in [4.78, 5) is 55.6. The molecular weight excluding hydrogens is 654 g/mol. The number of carbonyl (C=O) groups excluding carboxylic acids is 4. The Kier molecular flexibility index (Phi) is 10.0. The molecule has 1 saturated heterocycles. The van der Waals surface area contributed by atoms with E-state index in [-0.39, 0.29) is 34.4 Å². The minimum Gasteiger partial charge on any atom is -0.446 e. The number of alkyl carbamates (subject to hydrolysis) is 1. The molecule has 1 aliphatic heterocycles. The molecular formula is C31H42ClN5O7S2. The monoisotopic (exact) mass is 695 g/mol. The van der Waals surface area contributed by atoms with Crippen LogP contribution in [-0.2, 0) is 29.1 Å². The molecule has 0 unspecified atom stereocenters. The fraction of sp³-hybridized carbons (Fsp3) is 0.613. The van der Waals surface area contributed by atoms with E-state index < -0.39 is 57.6 Å². The number of rotatable bonds is 11. The van der Waals surface area contributed by atoms with Gasteiger partial charge in [-0.25, -0.2) is 13.2 Å². The predicted octanol–water partition coefficient (Wildman–Crippen LogP) is 3.57. The standard InChI is InChI=1S/C31H42ClN5O7S2/c1-5-19-16-31(19,28(40)35-45-22-13-14-22)34-26(38)24-17-36(46(42,43)23-12-8-9-20(32)15-23)18-37(24)27(39)25(30(2,3)4)33-29(41)44-21-10-6-7-11-21/h5,8-9,12,15,19,21-22,24-25H,1,6-7,10-11,13-14,16-18H2,2-4H3,(H,33,41)(H,34,38)(H,35,40)/t19-,24+,25-,31-/m1/s1. The van der Waals surface area contributed by atoms with Crippen molar-refractivity contribution < 1.29 is 32.3 Å². The normalized spacial score (nSPS) is 25.9. The number of carbonyl (C=O) groups is 4. The van der Waals surface area contributed by atoms with Crippen LogP contribution in [0.3, 0.4) is 0 Å². The van der Waals surface area contributed by atoms with E-state index in [1.165, 1.54) is 30.1 Å². The predicted molar refractivity (Wildman–Crippen MR) is 174 cm³/mol. The maximum Gasteiger partial charge on any atom is 0.408 e. The molecule has 0 spiro atoms. The second kappa shape index (κ2) is 13.4. The van der Waals surface area contributed by atoms with Crippen LogP contribution in [0.1, 0.15) is 65.7 Å². The van der Waals surface area contributed by atoms with Gasteiger partial charge in [-0.05, 0) is 80.5 Å². The van der Waals surface area contributed by atoms with Gasteiger partial charge in [-0.2, -0.15) is 4.31 Å². The zero-order valence-electron chi connectivity index (χ0n) is 26.3. The first-order valence-corrected chi connectivity index (χ1v) is 18.3. The first-order chi connectivity index (χ1) is 21.7. The average molecular weight is 696 g/mol. The third-order valence-corrected chi connectivity index (χ3v) is 12.1. The summed E-state index contributed by atoms with van der Waals surface area (Å²) in [5.74, 6) is -2.04. The fourth-order valence-corrected chi connectivity index (χ4v) is 8.41. The summed E-state index contributed by atoms with van der Waals surface area (Å²) in [5.41, 5.74) is -2.10. The molecule has 4 fully saturated rings. The number of hydrogen-bond donors (Lipinski definition) is 3. The Bertz CT molecular complexity index is 1490. The van der Waals surface area contributed by atoms with E-state index in [9.17, 15) is 27.6 Å². The fourth-order valence-electron chi connectivity index (χ4n) is 5.89. The van der Waals surface area contributed by atoms with E-state index in [1.807, 2.05) is 0 Å². The molecule has 0 radical (unpaired) electrons. The van der Waals surface area contributed by atoms with E-state index >= 15 is 0 Å². The van der Waals surface area contributed by atoms with Gasteiger partial charge in [0.15, 0.2) is 0 Å². The lowest BCUT2D eigenvalue weighted by molar-refractivity contribution is -0.142. The van der Waals surface area contributed by atoms with Crippen molar-refractivity contribution in [3.05, 3.63) is 41.9 Å². The zero-order valence-corrected chi connectivity index (χ0v) is 28.7. The molecule has 0 bridgehead atoms. The van der Waals surface area contributed by atoms with Crippen molar-refractivity contribution in [1.82, 2.24) is 24.6 Å². The van der Waals surface area contributed by atoms with Crippen molar-refractivity contribution >= 4 is 57.4 Å². The van der Waals surface area contributed by atoms with Crippen molar-refractivity contribution in [2.45, 2.75) is 99.6 Å². The van der Waals surface area contributed by atoms with Gasteiger partial charge < -0.3 is 20.3 Å². The summed E-state index contributed by atoms with van der Waals surface area (Å²) in [5, 5.41) is 6.08. The second-order valence-electron chi connectivity index (χ2n) is 13.6. The Morgan fingerprint density at radius 1 is 1.15 bits per heavy atom. The van der Waals surface area contributed by atoms with Gasteiger partial charge in [-0.15, -0.1) is 6.58 Å². The molecule has 1 aromatic carbocycles. The second-order valence-corrected chi connectivity index (χ2v) is 17.1. The molecule has 1 aromatic rings. The number of halogens is 1. The maximum atomic E-state index is 14.3. The van der Waals surface area contributed by atoms with Crippen LogP contribution in [0.25, 0.3) is 0 Å². The van der Waals surface area contributed by atoms with Crippen LogP contribution in [0.5, 0.6) is 0 Å². The lowest BCUT2D eigenvalue weighted by Crippen LogP contribution is -2.60. The van der Waals surface area contributed by atoms with Gasteiger partial charge >= 0.3 is 6.09 Å². The highest BCUT2D eigenvalue weighted by Crippen LogP contribution is 2.46. The molecule has 3 aliphatic carbocycles. The smallest absolute Gasteiger partial charge is 0.408 e. The van der Waals surface area contributed by atoms with E-state index in [4.69, 9.17) is 16.3 Å². The molecule has 12 nitrogen and oxygen atoms in total. The highest BCUT2D eigenvalue weighted by molar-refractivity contribution is 7.98. The van der Waals surface area contributed by atoms with Crippen molar-refractivity contribution in [1.29, 1.82) is 0 Å². The summed E-state index contributed by atoms with van der Waals surface area (Å²) < 4.78 is 36.9. The molecule has 0 aromatic heterocycles. The molecule has 5 rings (SSSR count). The van der Waals surface area contributed by atoms with E-state index in [2.05, 4.69) is 21.9 Å². The number of nitrogens with one attached hydrogen (secondary N) is 3. The minimum atomic E-state index is -4.20. The highest BCUT2D eigenvalue weighted by Gasteiger charge is 2.61. The number of nitrogens with zero attached hydrogens (tertiary/aromatic N) is 2. The van der Waals surface area contributed by atoms with Crippen molar-refractivity contribution in [2.75, 3.05) is 13.2 Å². The molecule has 4 aliphatic rings. The summed E-state index contributed by atoms with van der Waals surface area (Å²) in [6.45, 7) is 8.24. The van der Waals surface area contributed by atoms with Crippen LogP contribution in [0, 0.1) is 11.3 Å². The van der Waals surface area contributed by atoms with Crippen LogP contribution < -0.4 is 15.4 Å². The van der Waals surface area contributed by atoms with Gasteiger partial charge in [-0.3, -0.25) is 19.1 Å². The number of sulfonamides is 1. The lowest BCUT2D eigenvalue weighted by Gasteiger charge is -2.35.